The van der Waals surface area contributed by atoms with E-state index in [0.717, 1.165) is 0 Å². The molecule has 11 heteroatoms. The summed E-state index contributed by atoms with van der Waals surface area (Å²) in [6, 6.07) is 3.29. The second-order valence-electron chi connectivity index (χ2n) is 12.2. The maximum Gasteiger partial charge on any atom is 0.514 e. The molecule has 0 heterocycles. The Labute approximate surface area is 249 Å². The summed E-state index contributed by atoms with van der Waals surface area (Å²) >= 11 is 0. The van der Waals surface area contributed by atoms with E-state index in [1.54, 1.807) is 61.5 Å². The summed E-state index contributed by atoms with van der Waals surface area (Å²) in [5, 5.41) is 0. The van der Waals surface area contributed by atoms with E-state index in [4.69, 9.17) is 34.2 Å². The highest BCUT2D eigenvalue weighted by Crippen LogP contribution is 2.31. The van der Waals surface area contributed by atoms with Crippen molar-refractivity contribution >= 4 is 24.2 Å². The Bertz CT molecular complexity index is 1100. The van der Waals surface area contributed by atoms with Gasteiger partial charge in [0.25, 0.3) is 0 Å². The average Bonchev–Trinajstić information content (AvgIpc) is 2.89. The van der Waals surface area contributed by atoms with Crippen LogP contribution in [0.4, 0.5) is 9.59 Å². The first-order valence-electron chi connectivity index (χ1n) is 14.4. The average molecular weight is 596 g/mol. The highest BCUT2D eigenvalue weighted by molar-refractivity contribution is 5.77. The second kappa shape index (κ2) is 15.2. The van der Waals surface area contributed by atoms with Gasteiger partial charge in [-0.15, -0.1) is 0 Å². The van der Waals surface area contributed by atoms with Crippen LogP contribution in [0.5, 0.6) is 11.5 Å². The van der Waals surface area contributed by atoms with Crippen LogP contribution in [0.15, 0.2) is 18.2 Å². The molecule has 0 aliphatic carbocycles. The number of esters is 2. The lowest BCUT2D eigenvalue weighted by molar-refractivity contribution is -0.172. The SMILES string of the molecule is CCC(C)(C)OC(=O)Oc1ccc(C[C@H](N)C(=O)O[C@@H](C)C(C)OC(=O)C(C)(C)CC)cc1OC(=O)OC(C)(C)CC. The van der Waals surface area contributed by atoms with Gasteiger partial charge in [-0.25, -0.2) is 9.59 Å². The zero-order valence-electron chi connectivity index (χ0n) is 27.0. The molecule has 0 aliphatic heterocycles. The molecule has 11 nitrogen and oxygen atoms in total. The second-order valence-corrected chi connectivity index (χ2v) is 12.2. The van der Waals surface area contributed by atoms with Crippen molar-refractivity contribution in [2.75, 3.05) is 0 Å². The van der Waals surface area contributed by atoms with Gasteiger partial charge in [0.15, 0.2) is 11.5 Å². The molecule has 1 unspecified atom stereocenters. The molecule has 3 atom stereocenters. The third-order valence-corrected chi connectivity index (χ3v) is 7.27. The van der Waals surface area contributed by atoms with Gasteiger partial charge in [0.1, 0.15) is 29.5 Å². The monoisotopic (exact) mass is 595 g/mol. The molecule has 0 saturated carbocycles. The first-order chi connectivity index (χ1) is 19.3. The van der Waals surface area contributed by atoms with E-state index in [2.05, 4.69) is 0 Å². The van der Waals surface area contributed by atoms with Crippen LogP contribution in [0.25, 0.3) is 0 Å². The molecular weight excluding hydrogens is 546 g/mol. The Morgan fingerprint density at radius 2 is 1.21 bits per heavy atom. The summed E-state index contributed by atoms with van der Waals surface area (Å²) in [5.41, 5.74) is 4.39. The molecule has 42 heavy (non-hydrogen) atoms. The fourth-order valence-corrected chi connectivity index (χ4v) is 2.93. The fraction of sp³-hybridized carbons (Fsp3) is 0.677. The minimum Gasteiger partial charge on any atom is -0.458 e. The van der Waals surface area contributed by atoms with Crippen LogP contribution in [0, 0.1) is 5.41 Å². The quantitative estimate of drug-likeness (QED) is 0.147. The number of benzene rings is 1. The summed E-state index contributed by atoms with van der Waals surface area (Å²) < 4.78 is 32.4. The van der Waals surface area contributed by atoms with Gasteiger partial charge in [0, 0.05) is 0 Å². The van der Waals surface area contributed by atoms with Gasteiger partial charge in [-0.05, 0) is 98.8 Å². The molecule has 0 aromatic heterocycles. The molecule has 238 valence electrons. The van der Waals surface area contributed by atoms with Crippen molar-refractivity contribution in [1.29, 1.82) is 0 Å². The van der Waals surface area contributed by atoms with Crippen LogP contribution < -0.4 is 15.2 Å². The largest absolute Gasteiger partial charge is 0.514 e. The molecule has 0 fully saturated rings. The predicted octanol–water partition coefficient (Wildman–Crippen LogP) is 6.26. The van der Waals surface area contributed by atoms with Crippen molar-refractivity contribution in [2.45, 2.75) is 131 Å². The lowest BCUT2D eigenvalue weighted by Gasteiger charge is -2.27. The van der Waals surface area contributed by atoms with E-state index < -0.39 is 53.1 Å². The van der Waals surface area contributed by atoms with Gasteiger partial charge in [0.2, 0.25) is 0 Å². The lowest BCUT2D eigenvalue weighted by atomic mass is 9.90. The van der Waals surface area contributed by atoms with Crippen molar-refractivity contribution in [1.82, 2.24) is 0 Å². The zero-order valence-corrected chi connectivity index (χ0v) is 27.0. The third-order valence-electron chi connectivity index (χ3n) is 7.27. The number of rotatable bonds is 14. The minimum absolute atomic E-state index is 0.00202. The normalized spacial score (nSPS) is 14.2. The van der Waals surface area contributed by atoms with E-state index in [0.29, 0.717) is 24.8 Å². The first kappa shape index (κ1) is 36.7. The van der Waals surface area contributed by atoms with E-state index in [1.807, 2.05) is 20.8 Å². The molecule has 0 amide bonds. The fourth-order valence-electron chi connectivity index (χ4n) is 2.93. The van der Waals surface area contributed by atoms with Crippen molar-refractivity contribution < 1.29 is 47.6 Å². The van der Waals surface area contributed by atoms with Gasteiger partial charge in [-0.2, -0.15) is 0 Å². The molecule has 2 N–H and O–H groups in total. The zero-order chi connectivity index (χ0) is 32.5. The molecular formula is C31H49NO10. The van der Waals surface area contributed by atoms with Gasteiger partial charge < -0.3 is 34.2 Å². The highest BCUT2D eigenvalue weighted by Gasteiger charge is 2.32. The standard InChI is InChI=1S/C31H49NO10/c1-12-29(6,7)26(34)38-20(5)19(4)37-25(33)22(32)17-21-15-16-23(39-27(35)41-30(8,9)13-2)24(18-21)40-28(36)42-31(10,11)14-3/h15-16,18-20,22H,12-14,17,32H2,1-11H3/t19-,20?,22-/m0/s1. The van der Waals surface area contributed by atoms with Crippen LogP contribution in [-0.2, 0) is 35.0 Å². The molecule has 1 rings (SSSR count). The van der Waals surface area contributed by atoms with Gasteiger partial charge in [-0.1, -0.05) is 26.8 Å². The van der Waals surface area contributed by atoms with Crippen molar-refractivity contribution in [3.63, 3.8) is 0 Å². The van der Waals surface area contributed by atoms with Crippen molar-refractivity contribution in [3.05, 3.63) is 23.8 Å². The van der Waals surface area contributed by atoms with E-state index >= 15 is 0 Å². The van der Waals surface area contributed by atoms with Crippen LogP contribution in [0.2, 0.25) is 0 Å². The summed E-state index contributed by atoms with van der Waals surface area (Å²) in [7, 11) is 0. The number of carbonyl (C=O) groups is 4. The van der Waals surface area contributed by atoms with E-state index in [9.17, 15) is 19.2 Å². The minimum atomic E-state index is -1.09. The van der Waals surface area contributed by atoms with Crippen LogP contribution in [-0.4, -0.2) is 53.7 Å². The summed E-state index contributed by atoms with van der Waals surface area (Å²) in [6.07, 6.45) is -1.73. The molecule has 1 aromatic carbocycles. The molecule has 0 bridgehead atoms. The predicted molar refractivity (Wildman–Crippen MR) is 156 cm³/mol. The Kier molecular flexibility index (Phi) is 13.3. The molecule has 0 saturated heterocycles. The highest BCUT2D eigenvalue weighted by atomic mass is 16.8. The number of hydrogen-bond donors (Lipinski definition) is 1. The van der Waals surface area contributed by atoms with Gasteiger partial charge in [-0.3, -0.25) is 9.59 Å². The maximum atomic E-state index is 12.7. The number of hydrogen-bond acceptors (Lipinski definition) is 11. The maximum absolute atomic E-state index is 12.7. The molecule has 0 spiro atoms. The van der Waals surface area contributed by atoms with E-state index in [1.165, 1.54) is 12.1 Å². The number of carbonyl (C=O) groups excluding carboxylic acids is 4. The van der Waals surface area contributed by atoms with Crippen LogP contribution in [0.3, 0.4) is 0 Å². The summed E-state index contributed by atoms with van der Waals surface area (Å²) in [4.78, 5) is 50.1. The van der Waals surface area contributed by atoms with Crippen molar-refractivity contribution in [2.24, 2.45) is 11.1 Å². The Hall–Kier alpha value is -3.34. The first-order valence-corrected chi connectivity index (χ1v) is 14.4. The van der Waals surface area contributed by atoms with Crippen LogP contribution in [0.1, 0.15) is 101 Å². The molecule has 0 radical (unpaired) electrons. The summed E-state index contributed by atoms with van der Waals surface area (Å²) in [5.74, 6) is -1.30. The lowest BCUT2D eigenvalue weighted by Crippen LogP contribution is -2.40. The Morgan fingerprint density at radius 3 is 1.69 bits per heavy atom. The Balaban J connectivity index is 3.06. The molecule has 0 aliphatic rings. The van der Waals surface area contributed by atoms with Gasteiger partial charge >= 0.3 is 24.2 Å². The third kappa shape index (κ3) is 11.9. The number of nitrogens with two attached hydrogens (primary N) is 1. The van der Waals surface area contributed by atoms with Crippen LogP contribution >= 0.6 is 0 Å². The smallest absolute Gasteiger partial charge is 0.458 e. The van der Waals surface area contributed by atoms with E-state index in [-0.39, 0.29) is 23.9 Å². The number of ether oxygens (including phenoxy) is 6. The van der Waals surface area contributed by atoms with Gasteiger partial charge in [0.05, 0.1) is 5.41 Å². The topological polar surface area (TPSA) is 150 Å². The Morgan fingerprint density at radius 1 is 0.738 bits per heavy atom. The molecule has 1 aromatic rings. The summed E-state index contributed by atoms with van der Waals surface area (Å²) in [6.45, 7) is 19.3. The van der Waals surface area contributed by atoms with Crippen molar-refractivity contribution in [3.8, 4) is 11.5 Å².